The Morgan fingerprint density at radius 3 is 2.22 bits per heavy atom. The van der Waals surface area contributed by atoms with E-state index in [2.05, 4.69) is 10.3 Å². The number of pyridine rings is 2. The van der Waals surface area contributed by atoms with E-state index in [1.165, 1.54) is 7.11 Å². The molecule has 5 N–H and O–H groups in total. The van der Waals surface area contributed by atoms with Crippen molar-refractivity contribution in [1.82, 2.24) is 19.7 Å². The van der Waals surface area contributed by atoms with E-state index in [9.17, 15) is 19.8 Å². The van der Waals surface area contributed by atoms with Crippen molar-refractivity contribution in [2.45, 2.75) is 50.9 Å². The average molecular weight is 708 g/mol. The topological polar surface area (TPSA) is 167 Å². The summed E-state index contributed by atoms with van der Waals surface area (Å²) >= 11 is 14.1. The first-order valence-corrected chi connectivity index (χ1v) is 16.4. The van der Waals surface area contributed by atoms with Crippen molar-refractivity contribution in [3.8, 4) is 39.4 Å². The molecule has 5 aromatic rings. The number of imidazole rings is 1. The lowest BCUT2D eigenvalue weighted by atomic mass is 9.97. The number of aliphatic hydroxyl groups is 2. The fraction of sp³-hybridized carbons (Fsp3) is 0.278. The summed E-state index contributed by atoms with van der Waals surface area (Å²) in [5, 5.41) is 41.6. The number of benzene rings is 2. The van der Waals surface area contributed by atoms with Gasteiger partial charge in [-0.15, -0.1) is 0 Å². The number of methoxy groups -OCH3 is 1. The molecule has 0 aliphatic rings. The van der Waals surface area contributed by atoms with Crippen LogP contribution in [-0.2, 0) is 22.6 Å². The summed E-state index contributed by atoms with van der Waals surface area (Å²) in [7, 11) is 1.53. The first kappa shape index (κ1) is 35.8. The minimum atomic E-state index is -1.06. The zero-order chi connectivity index (χ0) is 35.1. The summed E-state index contributed by atoms with van der Waals surface area (Å²) < 4.78 is 7.49. The van der Waals surface area contributed by atoms with Gasteiger partial charge in [0.25, 0.3) is 0 Å². The molecule has 0 unspecified atom stereocenters. The molecule has 3 aromatic heterocycles. The summed E-state index contributed by atoms with van der Waals surface area (Å²) in [4.78, 5) is 30.9. The van der Waals surface area contributed by atoms with Gasteiger partial charge in [0.15, 0.2) is 0 Å². The number of halogens is 2. The van der Waals surface area contributed by atoms with Crippen LogP contribution in [0.25, 0.3) is 39.2 Å². The quantitative estimate of drug-likeness (QED) is 0.0806. The SMILES string of the molecule is COc1nc(-c2cccc(-c3cccc(-c4ccc5ncc(CNC[C@@H](O)CC(=O)O)n5c4)c3Cl)c2Cl)ccc1CCC[C@@H](O)CC(=O)O. The molecule has 0 saturated heterocycles. The number of ether oxygens (including phenoxy) is 1. The molecule has 2 aromatic carbocycles. The molecule has 0 aliphatic carbocycles. The monoisotopic (exact) mass is 706 g/mol. The number of fused-ring (bicyclic) bond motifs is 1. The van der Waals surface area contributed by atoms with Crippen molar-refractivity contribution < 1.29 is 34.8 Å². The largest absolute Gasteiger partial charge is 0.481 e. The van der Waals surface area contributed by atoms with Gasteiger partial charge < -0.3 is 34.9 Å². The summed E-state index contributed by atoms with van der Waals surface area (Å²) in [5.41, 5.74) is 6.75. The average Bonchev–Trinajstić information content (AvgIpc) is 3.46. The molecular formula is C36H36Cl2N4O7. The van der Waals surface area contributed by atoms with Gasteiger partial charge in [0.1, 0.15) is 5.65 Å². The Kier molecular flexibility index (Phi) is 11.9. The molecule has 0 bridgehead atoms. The highest BCUT2D eigenvalue weighted by Gasteiger charge is 2.18. The Bertz CT molecular complexity index is 1970. The molecule has 0 spiro atoms. The third kappa shape index (κ3) is 8.75. The van der Waals surface area contributed by atoms with Crippen LogP contribution in [0, 0.1) is 0 Å². The molecule has 0 radical (unpaired) electrons. The van der Waals surface area contributed by atoms with Gasteiger partial charge in [0, 0.05) is 47.1 Å². The van der Waals surface area contributed by atoms with Gasteiger partial charge in [-0.1, -0.05) is 65.7 Å². The van der Waals surface area contributed by atoms with Crippen LogP contribution in [0.4, 0.5) is 0 Å². The molecule has 256 valence electrons. The number of aromatic nitrogens is 3. The van der Waals surface area contributed by atoms with E-state index >= 15 is 0 Å². The van der Waals surface area contributed by atoms with Crippen molar-refractivity contribution in [2.24, 2.45) is 0 Å². The van der Waals surface area contributed by atoms with Gasteiger partial charge in [-0.05, 0) is 43.0 Å². The van der Waals surface area contributed by atoms with Crippen molar-refractivity contribution in [3.05, 3.63) is 94.4 Å². The van der Waals surface area contributed by atoms with Crippen molar-refractivity contribution in [2.75, 3.05) is 13.7 Å². The van der Waals surface area contributed by atoms with Gasteiger partial charge in [0.05, 0.1) is 59.8 Å². The first-order valence-electron chi connectivity index (χ1n) is 15.6. The maximum Gasteiger partial charge on any atom is 0.306 e. The highest BCUT2D eigenvalue weighted by molar-refractivity contribution is 6.39. The molecule has 0 fully saturated rings. The van der Waals surface area contributed by atoms with E-state index in [0.717, 1.165) is 39.2 Å². The number of hydrogen-bond donors (Lipinski definition) is 5. The number of aliphatic carboxylic acids is 2. The second kappa shape index (κ2) is 16.3. The third-order valence-electron chi connectivity index (χ3n) is 8.08. The smallest absolute Gasteiger partial charge is 0.306 e. The van der Waals surface area contributed by atoms with Gasteiger partial charge in [-0.2, -0.15) is 0 Å². The maximum atomic E-state index is 10.8. The molecule has 2 atom stereocenters. The Hall–Kier alpha value is -4.52. The number of nitrogens with one attached hydrogen (secondary N) is 1. The second-order valence-electron chi connectivity index (χ2n) is 11.6. The highest BCUT2D eigenvalue weighted by atomic mass is 35.5. The van der Waals surface area contributed by atoms with E-state index in [1.807, 2.05) is 71.3 Å². The fourth-order valence-electron chi connectivity index (χ4n) is 5.68. The van der Waals surface area contributed by atoms with E-state index in [0.29, 0.717) is 53.0 Å². The summed E-state index contributed by atoms with van der Waals surface area (Å²) in [5.74, 6) is -1.67. The Morgan fingerprint density at radius 1 is 0.878 bits per heavy atom. The maximum absolute atomic E-state index is 10.8. The highest BCUT2D eigenvalue weighted by Crippen LogP contribution is 2.42. The molecule has 0 amide bonds. The normalized spacial score (nSPS) is 12.6. The van der Waals surface area contributed by atoms with Crippen LogP contribution in [0.3, 0.4) is 0 Å². The van der Waals surface area contributed by atoms with Crippen molar-refractivity contribution in [1.29, 1.82) is 0 Å². The molecule has 0 aliphatic heterocycles. The van der Waals surface area contributed by atoms with Gasteiger partial charge in [-0.3, -0.25) is 9.59 Å². The van der Waals surface area contributed by atoms with Gasteiger partial charge >= 0.3 is 11.9 Å². The molecule has 11 nitrogen and oxygen atoms in total. The van der Waals surface area contributed by atoms with Crippen molar-refractivity contribution >= 4 is 40.8 Å². The van der Waals surface area contributed by atoms with Crippen LogP contribution in [0.2, 0.25) is 10.0 Å². The number of carboxylic acid groups (broad SMARTS) is 2. The Labute approximate surface area is 292 Å². The molecule has 3 heterocycles. The molecular weight excluding hydrogens is 671 g/mol. The van der Waals surface area contributed by atoms with E-state index in [1.54, 1.807) is 6.20 Å². The zero-order valence-corrected chi connectivity index (χ0v) is 28.2. The molecule has 0 saturated carbocycles. The van der Waals surface area contributed by atoms with E-state index in [4.69, 9.17) is 43.1 Å². The Balaban J connectivity index is 1.39. The minimum Gasteiger partial charge on any atom is -0.481 e. The molecule has 49 heavy (non-hydrogen) atoms. The first-order chi connectivity index (χ1) is 23.5. The number of hydrogen-bond acceptors (Lipinski definition) is 8. The molecule has 13 heteroatoms. The predicted molar refractivity (Wildman–Crippen MR) is 187 cm³/mol. The van der Waals surface area contributed by atoms with Crippen LogP contribution in [0.1, 0.15) is 36.9 Å². The number of nitrogens with zero attached hydrogens (tertiary/aromatic N) is 3. The molecule has 5 rings (SSSR count). The van der Waals surface area contributed by atoms with E-state index < -0.39 is 24.1 Å². The number of carboxylic acids is 2. The van der Waals surface area contributed by atoms with Crippen LogP contribution >= 0.6 is 23.2 Å². The van der Waals surface area contributed by atoms with Gasteiger partial charge in [0.2, 0.25) is 5.88 Å². The second-order valence-corrected chi connectivity index (χ2v) is 12.4. The van der Waals surface area contributed by atoms with Gasteiger partial charge in [-0.25, -0.2) is 9.97 Å². The van der Waals surface area contributed by atoms with Crippen LogP contribution in [-0.4, -0.2) is 72.6 Å². The summed E-state index contributed by atoms with van der Waals surface area (Å²) in [6, 6.07) is 19.0. The van der Waals surface area contributed by atoms with Crippen LogP contribution in [0.15, 0.2) is 73.1 Å². The summed E-state index contributed by atoms with van der Waals surface area (Å²) in [6.07, 6.45) is 2.59. The zero-order valence-electron chi connectivity index (χ0n) is 26.6. The minimum absolute atomic E-state index is 0.126. The lowest BCUT2D eigenvalue weighted by molar-refractivity contribution is -0.140. The third-order valence-corrected chi connectivity index (χ3v) is 8.89. The summed E-state index contributed by atoms with van der Waals surface area (Å²) in [6.45, 7) is 0.494. The lowest BCUT2D eigenvalue weighted by Crippen LogP contribution is -2.28. The number of rotatable bonds is 16. The van der Waals surface area contributed by atoms with Crippen LogP contribution < -0.4 is 10.1 Å². The van der Waals surface area contributed by atoms with Crippen LogP contribution in [0.5, 0.6) is 5.88 Å². The Morgan fingerprint density at radius 2 is 1.53 bits per heavy atom. The van der Waals surface area contributed by atoms with Crippen molar-refractivity contribution in [3.63, 3.8) is 0 Å². The lowest BCUT2D eigenvalue weighted by Gasteiger charge is -2.15. The number of carbonyl (C=O) groups is 2. The number of aliphatic hydroxyl groups excluding tert-OH is 2. The fourth-order valence-corrected chi connectivity index (χ4v) is 6.34. The predicted octanol–water partition coefficient (Wildman–Crippen LogP) is 6.13. The number of aryl methyl sites for hydroxylation is 1. The van der Waals surface area contributed by atoms with E-state index in [-0.39, 0.29) is 19.4 Å². The standard InChI is InChI=1S/C36H36Cl2N4O7/c1-49-36-21(5-2-6-24(43)15-32(45)46)11-13-30(41-36)29-10-4-9-28(35(29)38)27-8-3-7-26(34(27)37)22-12-14-31-40-18-23(42(31)20-22)17-39-19-25(44)16-33(47)48/h3-4,7-14,18,20,24-25,39,43-44H,2,5-6,15-17,19H2,1H3,(H,45,46)(H,47,48)/t24-,25+/m1/s1.